The van der Waals surface area contributed by atoms with E-state index >= 15 is 0 Å². The molecule has 3 aromatic heterocycles. The molecule has 1 amide bonds. The second-order valence-electron chi connectivity index (χ2n) is 10.5. The predicted octanol–water partition coefficient (Wildman–Crippen LogP) is 3.64. The topological polar surface area (TPSA) is 100 Å². The van der Waals surface area contributed by atoms with Gasteiger partial charge < -0.3 is 19.4 Å². The summed E-state index contributed by atoms with van der Waals surface area (Å²) >= 11 is 0. The Hall–Kier alpha value is -3.20. The van der Waals surface area contributed by atoms with Crippen LogP contribution in [0.3, 0.4) is 0 Å². The van der Waals surface area contributed by atoms with E-state index in [1.807, 2.05) is 24.7 Å². The molecule has 4 heterocycles. The highest BCUT2D eigenvalue weighted by Gasteiger charge is 2.55. The largest absolute Gasteiger partial charge is 0.474 e. The number of rotatable bonds is 6. The maximum atomic E-state index is 13.3. The van der Waals surface area contributed by atoms with Crippen LogP contribution in [0, 0.1) is 0 Å². The molecule has 2 aliphatic carbocycles. The van der Waals surface area contributed by atoms with Gasteiger partial charge in [0.05, 0.1) is 23.9 Å². The van der Waals surface area contributed by atoms with Gasteiger partial charge in [-0.05, 0) is 64.7 Å². The van der Waals surface area contributed by atoms with Gasteiger partial charge in [-0.25, -0.2) is 0 Å². The summed E-state index contributed by atoms with van der Waals surface area (Å²) in [5.74, 6) is -0.223. The number of pyridine rings is 2. The first-order valence-electron chi connectivity index (χ1n) is 12.0. The maximum absolute atomic E-state index is 13.3. The van der Waals surface area contributed by atoms with Crippen molar-refractivity contribution in [3.63, 3.8) is 0 Å². The van der Waals surface area contributed by atoms with Crippen molar-refractivity contribution >= 4 is 22.6 Å². The van der Waals surface area contributed by atoms with Gasteiger partial charge in [-0.2, -0.15) is 10.1 Å². The molecule has 1 aliphatic heterocycles. The van der Waals surface area contributed by atoms with Crippen LogP contribution in [-0.2, 0) is 10.3 Å². The van der Waals surface area contributed by atoms with Crippen molar-refractivity contribution in [3.8, 4) is 5.88 Å². The molecule has 3 fully saturated rings. The molecular weight excluding hydrogens is 434 g/mol. The third kappa shape index (κ3) is 3.50. The summed E-state index contributed by atoms with van der Waals surface area (Å²) in [4.78, 5) is 30.7. The summed E-state index contributed by atoms with van der Waals surface area (Å²) in [6, 6.07) is 5.39. The lowest BCUT2D eigenvalue weighted by Gasteiger charge is -2.26. The zero-order valence-electron chi connectivity index (χ0n) is 19.7. The van der Waals surface area contributed by atoms with Crippen LogP contribution in [0.2, 0.25) is 0 Å². The van der Waals surface area contributed by atoms with E-state index < -0.39 is 5.91 Å². The van der Waals surface area contributed by atoms with Crippen LogP contribution >= 0.6 is 0 Å². The lowest BCUT2D eigenvalue weighted by molar-refractivity contribution is -0.0149. The smallest absolute Gasteiger partial charge is 0.274 e. The van der Waals surface area contributed by atoms with Crippen LogP contribution in [-0.4, -0.2) is 43.6 Å². The van der Waals surface area contributed by atoms with Crippen LogP contribution in [0.25, 0.3) is 11.0 Å². The van der Waals surface area contributed by atoms with Crippen LogP contribution in [0.5, 0.6) is 5.88 Å². The summed E-state index contributed by atoms with van der Waals surface area (Å²) < 4.78 is 15.6. The summed E-state index contributed by atoms with van der Waals surface area (Å²) in [5.41, 5.74) is 0.589. The molecule has 6 rings (SSSR count). The Morgan fingerprint density at radius 2 is 2.15 bits per heavy atom. The standard InChI is InChI=1S/C25H29N5O4/c1-15(2)34-22-18(21(31)26-19-5-4-10-29(23(19)32)17-6-7-17)11-16-12-30(28-20(16)27-22)25-9-8-24(3,13-25)33-14-25/h4-5,10-12,15,17H,6-9,13-14H2,1-3H3,(H,26,31)/t24-,25-/m0/s1. The van der Waals surface area contributed by atoms with Crippen molar-refractivity contribution in [2.24, 2.45) is 0 Å². The van der Waals surface area contributed by atoms with E-state index in [0.29, 0.717) is 12.3 Å². The minimum atomic E-state index is -0.431. The molecule has 1 saturated heterocycles. The van der Waals surface area contributed by atoms with Gasteiger partial charge in [0.15, 0.2) is 5.65 Å². The van der Waals surface area contributed by atoms with Crippen LogP contribution in [0.1, 0.15) is 69.3 Å². The molecule has 2 atom stereocenters. The summed E-state index contributed by atoms with van der Waals surface area (Å²) in [6.45, 7) is 6.54. The Balaban J connectivity index is 1.37. The molecule has 1 N–H and O–H groups in total. The Labute approximate surface area is 197 Å². The van der Waals surface area contributed by atoms with Crippen LogP contribution in [0.15, 0.2) is 35.4 Å². The number of hydrogen-bond acceptors (Lipinski definition) is 6. The molecule has 0 aromatic carbocycles. The SMILES string of the molecule is CC(C)Oc1nc2nn([C@@]34CC[C@@](C)(C3)OC4)cc2cc1C(=O)Nc1cccn(C2CC2)c1=O. The Kier molecular flexibility index (Phi) is 4.64. The van der Waals surface area contributed by atoms with E-state index in [2.05, 4.69) is 17.2 Å². The number of fused-ring (bicyclic) bond motifs is 3. The van der Waals surface area contributed by atoms with Gasteiger partial charge >= 0.3 is 0 Å². The quantitative estimate of drug-likeness (QED) is 0.599. The predicted molar refractivity (Wildman–Crippen MR) is 126 cm³/mol. The van der Waals surface area contributed by atoms with E-state index in [9.17, 15) is 9.59 Å². The summed E-state index contributed by atoms with van der Waals surface area (Å²) in [5, 5.41) is 8.29. The number of carbonyl (C=O) groups excluding carboxylic acids is 1. The fraction of sp³-hybridized carbons (Fsp3) is 0.520. The molecule has 2 saturated carbocycles. The molecule has 0 radical (unpaired) electrons. The minimum absolute atomic E-state index is 0.0917. The third-order valence-electron chi connectivity index (χ3n) is 7.21. The van der Waals surface area contributed by atoms with Crippen molar-refractivity contribution in [1.29, 1.82) is 0 Å². The molecule has 9 heteroatoms. The van der Waals surface area contributed by atoms with Gasteiger partial charge in [-0.3, -0.25) is 14.3 Å². The molecule has 0 spiro atoms. The highest BCUT2D eigenvalue weighted by molar-refractivity contribution is 6.07. The lowest BCUT2D eigenvalue weighted by atomic mass is 9.99. The monoisotopic (exact) mass is 463 g/mol. The Bertz CT molecular complexity index is 1350. The Morgan fingerprint density at radius 1 is 1.32 bits per heavy atom. The van der Waals surface area contributed by atoms with E-state index in [1.54, 1.807) is 29.0 Å². The summed E-state index contributed by atoms with van der Waals surface area (Å²) in [7, 11) is 0. The van der Waals surface area contributed by atoms with E-state index in [-0.39, 0.29) is 46.0 Å². The van der Waals surface area contributed by atoms with Gasteiger partial charge in [0, 0.05) is 30.2 Å². The molecule has 9 nitrogen and oxygen atoms in total. The lowest BCUT2D eigenvalue weighted by Crippen LogP contribution is -2.33. The van der Waals surface area contributed by atoms with E-state index in [0.717, 1.165) is 37.5 Å². The molecule has 0 unspecified atom stereocenters. The van der Waals surface area contributed by atoms with Crippen molar-refractivity contribution in [2.75, 3.05) is 11.9 Å². The number of ether oxygens (including phenoxy) is 2. The second-order valence-corrected chi connectivity index (χ2v) is 10.5. The number of anilines is 1. The van der Waals surface area contributed by atoms with Crippen LogP contribution in [0.4, 0.5) is 5.69 Å². The average molecular weight is 464 g/mol. The van der Waals surface area contributed by atoms with E-state index in [1.165, 1.54) is 0 Å². The van der Waals surface area contributed by atoms with Gasteiger partial charge in [0.25, 0.3) is 11.5 Å². The number of amides is 1. The first kappa shape index (κ1) is 21.3. The van der Waals surface area contributed by atoms with Gasteiger partial charge in [0.1, 0.15) is 11.3 Å². The maximum Gasteiger partial charge on any atom is 0.274 e. The van der Waals surface area contributed by atoms with Gasteiger partial charge in [-0.1, -0.05) is 0 Å². The molecule has 34 heavy (non-hydrogen) atoms. The molecule has 3 aliphatic rings. The summed E-state index contributed by atoms with van der Waals surface area (Å²) in [6.07, 6.45) is 8.42. The second kappa shape index (κ2) is 7.40. The number of carbonyl (C=O) groups is 1. The normalized spacial score (nSPS) is 25.9. The fourth-order valence-electron chi connectivity index (χ4n) is 5.28. The van der Waals surface area contributed by atoms with E-state index in [4.69, 9.17) is 14.6 Å². The number of nitrogens with zero attached hydrogens (tertiary/aromatic N) is 4. The third-order valence-corrected chi connectivity index (χ3v) is 7.21. The van der Waals surface area contributed by atoms with Crippen molar-refractivity contribution in [2.45, 2.75) is 76.2 Å². The molecule has 2 bridgehead atoms. The number of hydrogen-bond donors (Lipinski definition) is 1. The van der Waals surface area contributed by atoms with Gasteiger partial charge in [0.2, 0.25) is 5.88 Å². The molecular formula is C25H29N5O4. The zero-order chi connectivity index (χ0) is 23.7. The highest BCUT2D eigenvalue weighted by Crippen LogP contribution is 2.51. The number of aromatic nitrogens is 4. The first-order valence-corrected chi connectivity index (χ1v) is 12.0. The Morgan fingerprint density at radius 3 is 2.79 bits per heavy atom. The van der Waals surface area contributed by atoms with Gasteiger partial charge in [-0.15, -0.1) is 0 Å². The first-order chi connectivity index (χ1) is 16.3. The average Bonchev–Trinajstić information content (AvgIpc) is 3.32. The number of nitrogens with one attached hydrogen (secondary N) is 1. The molecule has 178 valence electrons. The van der Waals surface area contributed by atoms with Crippen LogP contribution < -0.4 is 15.6 Å². The highest BCUT2D eigenvalue weighted by atomic mass is 16.5. The van der Waals surface area contributed by atoms with Crippen molar-refractivity contribution in [1.82, 2.24) is 19.3 Å². The van der Waals surface area contributed by atoms with Crippen molar-refractivity contribution in [3.05, 3.63) is 46.5 Å². The molecule has 3 aromatic rings. The zero-order valence-corrected chi connectivity index (χ0v) is 19.7. The van der Waals surface area contributed by atoms with Crippen molar-refractivity contribution < 1.29 is 14.3 Å². The minimum Gasteiger partial charge on any atom is -0.474 e. The fourth-order valence-corrected chi connectivity index (χ4v) is 5.28.